The van der Waals surface area contributed by atoms with Crippen molar-refractivity contribution in [1.29, 1.82) is 0 Å². The Balaban J connectivity index is 1.87. The van der Waals surface area contributed by atoms with Crippen LogP contribution in [0, 0.1) is 0 Å². The minimum atomic E-state index is 0.699. The van der Waals surface area contributed by atoms with Gasteiger partial charge in [0.2, 0.25) is 0 Å². The SMILES string of the molecule is CCOc1ccccc1CN1CCCc2cc(N)ccc21. The molecular formula is C18H22N2O. The Morgan fingerprint density at radius 1 is 1.19 bits per heavy atom. The first-order valence-electron chi connectivity index (χ1n) is 7.62. The fourth-order valence-electron chi connectivity index (χ4n) is 3.00. The second-order valence-electron chi connectivity index (χ2n) is 5.45. The molecule has 2 N–H and O–H groups in total. The minimum Gasteiger partial charge on any atom is -0.494 e. The van der Waals surface area contributed by atoms with Crippen molar-refractivity contribution in [2.24, 2.45) is 0 Å². The number of fused-ring (bicyclic) bond motifs is 1. The number of nitrogens with two attached hydrogens (primary N) is 1. The van der Waals surface area contributed by atoms with Gasteiger partial charge in [-0.05, 0) is 49.6 Å². The third-order valence-corrected chi connectivity index (χ3v) is 3.95. The Morgan fingerprint density at radius 2 is 2.05 bits per heavy atom. The van der Waals surface area contributed by atoms with Crippen LogP contribution in [0.3, 0.4) is 0 Å². The molecule has 1 aliphatic heterocycles. The summed E-state index contributed by atoms with van der Waals surface area (Å²) in [6, 6.07) is 14.5. The number of ether oxygens (including phenoxy) is 1. The summed E-state index contributed by atoms with van der Waals surface area (Å²) in [5.74, 6) is 0.988. The van der Waals surface area contributed by atoms with Crippen LogP contribution < -0.4 is 15.4 Å². The molecule has 3 nitrogen and oxygen atoms in total. The number of rotatable bonds is 4. The predicted molar refractivity (Wildman–Crippen MR) is 87.8 cm³/mol. The highest BCUT2D eigenvalue weighted by molar-refractivity contribution is 5.61. The number of hydrogen-bond donors (Lipinski definition) is 1. The Hall–Kier alpha value is -2.16. The maximum absolute atomic E-state index is 5.91. The average Bonchev–Trinajstić information content (AvgIpc) is 2.49. The number of anilines is 2. The second-order valence-corrected chi connectivity index (χ2v) is 5.45. The molecule has 0 aromatic heterocycles. The molecule has 110 valence electrons. The molecule has 2 aromatic rings. The molecule has 21 heavy (non-hydrogen) atoms. The Kier molecular flexibility index (Phi) is 4.00. The van der Waals surface area contributed by atoms with Crippen molar-refractivity contribution in [3.8, 4) is 5.75 Å². The number of nitrogen functional groups attached to an aromatic ring is 1. The van der Waals surface area contributed by atoms with E-state index in [9.17, 15) is 0 Å². The molecule has 0 radical (unpaired) electrons. The van der Waals surface area contributed by atoms with Crippen LogP contribution in [-0.2, 0) is 13.0 Å². The van der Waals surface area contributed by atoms with E-state index in [1.165, 1.54) is 23.2 Å². The van der Waals surface area contributed by atoms with Gasteiger partial charge in [0.25, 0.3) is 0 Å². The van der Waals surface area contributed by atoms with Crippen molar-refractivity contribution in [3.63, 3.8) is 0 Å². The third-order valence-electron chi connectivity index (χ3n) is 3.95. The quantitative estimate of drug-likeness (QED) is 0.870. The summed E-state index contributed by atoms with van der Waals surface area (Å²) in [4.78, 5) is 2.43. The van der Waals surface area contributed by atoms with E-state index in [0.717, 1.165) is 30.9 Å². The summed E-state index contributed by atoms with van der Waals surface area (Å²) in [5.41, 5.74) is 10.7. The third kappa shape index (κ3) is 2.97. The molecule has 3 rings (SSSR count). The maximum Gasteiger partial charge on any atom is 0.124 e. The molecular weight excluding hydrogens is 260 g/mol. The van der Waals surface area contributed by atoms with Crippen LogP contribution in [0.25, 0.3) is 0 Å². The van der Waals surface area contributed by atoms with Gasteiger partial charge in [0, 0.05) is 30.0 Å². The van der Waals surface area contributed by atoms with E-state index in [-0.39, 0.29) is 0 Å². The lowest BCUT2D eigenvalue weighted by atomic mass is 10.00. The van der Waals surface area contributed by atoms with Gasteiger partial charge in [-0.2, -0.15) is 0 Å². The number of aryl methyl sites for hydroxylation is 1. The van der Waals surface area contributed by atoms with Crippen LogP contribution in [0.5, 0.6) is 5.75 Å². The van der Waals surface area contributed by atoms with Crippen molar-refractivity contribution in [2.45, 2.75) is 26.3 Å². The Labute approximate surface area is 126 Å². The zero-order valence-electron chi connectivity index (χ0n) is 12.5. The van der Waals surface area contributed by atoms with E-state index in [2.05, 4.69) is 29.2 Å². The molecule has 0 saturated carbocycles. The predicted octanol–water partition coefficient (Wildman–Crippen LogP) is 3.62. The van der Waals surface area contributed by atoms with Gasteiger partial charge in [-0.1, -0.05) is 18.2 Å². The van der Waals surface area contributed by atoms with E-state index in [4.69, 9.17) is 10.5 Å². The van der Waals surface area contributed by atoms with Crippen LogP contribution >= 0.6 is 0 Å². The number of para-hydroxylation sites is 1. The molecule has 0 bridgehead atoms. The number of nitrogens with zero attached hydrogens (tertiary/aromatic N) is 1. The molecule has 0 fully saturated rings. The van der Waals surface area contributed by atoms with Crippen molar-refractivity contribution in [1.82, 2.24) is 0 Å². The van der Waals surface area contributed by atoms with Crippen LogP contribution in [0.1, 0.15) is 24.5 Å². The average molecular weight is 282 g/mol. The van der Waals surface area contributed by atoms with Gasteiger partial charge < -0.3 is 15.4 Å². The van der Waals surface area contributed by atoms with Crippen molar-refractivity contribution in [3.05, 3.63) is 53.6 Å². The lowest BCUT2D eigenvalue weighted by Crippen LogP contribution is -2.29. The second kappa shape index (κ2) is 6.08. The molecule has 2 aromatic carbocycles. The molecule has 3 heteroatoms. The van der Waals surface area contributed by atoms with E-state index in [1.54, 1.807) is 0 Å². The van der Waals surface area contributed by atoms with Gasteiger partial charge in [0.15, 0.2) is 0 Å². The maximum atomic E-state index is 5.91. The van der Waals surface area contributed by atoms with Gasteiger partial charge in [-0.3, -0.25) is 0 Å². The molecule has 0 atom stereocenters. The largest absolute Gasteiger partial charge is 0.494 e. The molecule has 0 saturated heterocycles. The monoisotopic (exact) mass is 282 g/mol. The number of hydrogen-bond acceptors (Lipinski definition) is 3. The standard InChI is InChI=1S/C18H22N2O/c1-2-21-18-8-4-3-6-15(18)13-20-11-5-7-14-12-16(19)9-10-17(14)20/h3-4,6,8-10,12H,2,5,7,11,13,19H2,1H3. The Morgan fingerprint density at radius 3 is 2.90 bits per heavy atom. The fraction of sp³-hybridized carbons (Fsp3) is 0.333. The van der Waals surface area contributed by atoms with Crippen LogP contribution in [0.2, 0.25) is 0 Å². The summed E-state index contributed by atoms with van der Waals surface area (Å²) >= 11 is 0. The molecule has 0 unspecified atom stereocenters. The molecule has 1 heterocycles. The van der Waals surface area contributed by atoms with Crippen LogP contribution in [-0.4, -0.2) is 13.2 Å². The summed E-state index contributed by atoms with van der Waals surface area (Å²) in [7, 11) is 0. The highest BCUT2D eigenvalue weighted by atomic mass is 16.5. The van der Waals surface area contributed by atoms with E-state index < -0.39 is 0 Å². The zero-order chi connectivity index (χ0) is 14.7. The molecule has 1 aliphatic rings. The zero-order valence-corrected chi connectivity index (χ0v) is 12.5. The van der Waals surface area contributed by atoms with Gasteiger partial charge in [0.1, 0.15) is 5.75 Å². The van der Waals surface area contributed by atoms with Crippen molar-refractivity contribution in [2.75, 3.05) is 23.8 Å². The van der Waals surface area contributed by atoms with Crippen LogP contribution in [0.15, 0.2) is 42.5 Å². The normalized spacial score (nSPS) is 13.9. The van der Waals surface area contributed by atoms with Crippen LogP contribution in [0.4, 0.5) is 11.4 Å². The summed E-state index contributed by atoms with van der Waals surface area (Å²) in [5, 5.41) is 0. The van der Waals surface area contributed by atoms with Gasteiger partial charge in [-0.25, -0.2) is 0 Å². The van der Waals surface area contributed by atoms with Gasteiger partial charge in [0.05, 0.1) is 6.61 Å². The van der Waals surface area contributed by atoms with E-state index in [1.807, 2.05) is 25.1 Å². The molecule has 0 aliphatic carbocycles. The minimum absolute atomic E-state index is 0.699. The Bertz CT molecular complexity index is 624. The first kappa shape index (κ1) is 13.8. The summed E-state index contributed by atoms with van der Waals surface area (Å²) < 4.78 is 5.74. The highest BCUT2D eigenvalue weighted by Crippen LogP contribution is 2.31. The molecule has 0 spiro atoms. The summed E-state index contributed by atoms with van der Waals surface area (Å²) in [6.45, 7) is 4.68. The first-order chi connectivity index (χ1) is 10.3. The smallest absolute Gasteiger partial charge is 0.124 e. The van der Waals surface area contributed by atoms with Crippen molar-refractivity contribution < 1.29 is 4.74 Å². The van der Waals surface area contributed by atoms with Gasteiger partial charge in [-0.15, -0.1) is 0 Å². The van der Waals surface area contributed by atoms with E-state index >= 15 is 0 Å². The number of benzene rings is 2. The van der Waals surface area contributed by atoms with E-state index in [0.29, 0.717) is 6.61 Å². The topological polar surface area (TPSA) is 38.5 Å². The lowest BCUT2D eigenvalue weighted by molar-refractivity contribution is 0.336. The van der Waals surface area contributed by atoms with Gasteiger partial charge >= 0.3 is 0 Å². The lowest BCUT2D eigenvalue weighted by Gasteiger charge is -2.32. The van der Waals surface area contributed by atoms with Crippen molar-refractivity contribution >= 4 is 11.4 Å². The fourth-order valence-corrected chi connectivity index (χ4v) is 3.00. The first-order valence-corrected chi connectivity index (χ1v) is 7.62. The highest BCUT2D eigenvalue weighted by Gasteiger charge is 2.18. The summed E-state index contributed by atoms with van der Waals surface area (Å²) in [6.07, 6.45) is 2.29. The molecule has 0 amide bonds.